The first-order valence-corrected chi connectivity index (χ1v) is 16.3. The molecule has 0 aromatic rings. The number of ether oxygens (including phenoxy) is 5. The van der Waals surface area contributed by atoms with Crippen LogP contribution in [0.4, 0.5) is 4.39 Å². The molecule has 4 saturated heterocycles. The first-order chi connectivity index (χ1) is 21.2. The Balaban J connectivity index is 1.84. The molecule has 0 spiro atoms. The highest BCUT2D eigenvalue weighted by atomic mass is 19.1. The van der Waals surface area contributed by atoms with Gasteiger partial charge >= 0.3 is 11.9 Å². The third-order valence-corrected chi connectivity index (χ3v) is 11.2. The first kappa shape index (κ1) is 36.8. The van der Waals surface area contributed by atoms with Gasteiger partial charge in [0.25, 0.3) is 5.67 Å². The molecule has 4 aliphatic rings. The summed E-state index contributed by atoms with van der Waals surface area (Å²) < 4.78 is 46.6. The van der Waals surface area contributed by atoms with Gasteiger partial charge in [0.15, 0.2) is 17.7 Å². The Kier molecular flexibility index (Phi) is 10.2. The summed E-state index contributed by atoms with van der Waals surface area (Å²) in [5, 5.41) is 14.4. The van der Waals surface area contributed by atoms with Gasteiger partial charge in [0.05, 0.1) is 17.8 Å². The minimum absolute atomic E-state index is 0.0310. The highest BCUT2D eigenvalue weighted by Gasteiger charge is 2.69. The summed E-state index contributed by atoms with van der Waals surface area (Å²) in [6, 6.07) is -1.18. The van der Waals surface area contributed by atoms with Gasteiger partial charge in [0.2, 0.25) is 0 Å². The number of carbonyl (C=O) groups is 4. The second-order valence-corrected chi connectivity index (χ2v) is 14.9. The van der Waals surface area contributed by atoms with Gasteiger partial charge < -0.3 is 39.0 Å². The van der Waals surface area contributed by atoms with Crippen LogP contribution in [0.5, 0.6) is 0 Å². The van der Waals surface area contributed by atoms with E-state index in [9.17, 15) is 24.3 Å². The monoisotopic (exact) mass is 656 g/mol. The average Bonchev–Trinajstić information content (AvgIpc) is 3.49. The van der Waals surface area contributed by atoms with E-state index in [1.165, 1.54) is 14.0 Å². The Morgan fingerprint density at radius 2 is 1.70 bits per heavy atom. The third-order valence-electron chi connectivity index (χ3n) is 11.2. The number of rotatable bonds is 5. The maximum atomic E-state index is 16.5. The maximum absolute atomic E-state index is 16.5. The van der Waals surface area contributed by atoms with E-state index in [4.69, 9.17) is 23.7 Å². The Labute approximate surface area is 271 Å². The number of carbonyl (C=O) groups excluding carboxylic acids is 4. The lowest BCUT2D eigenvalue weighted by Crippen LogP contribution is -2.61. The van der Waals surface area contributed by atoms with Crippen molar-refractivity contribution in [3.63, 3.8) is 0 Å². The molecule has 0 aromatic carbocycles. The summed E-state index contributed by atoms with van der Waals surface area (Å²) in [5.41, 5.74) is -7.16. The predicted molar refractivity (Wildman–Crippen MR) is 163 cm³/mol. The van der Waals surface area contributed by atoms with E-state index in [1.807, 2.05) is 25.9 Å². The molecule has 4 fully saturated rings. The number of likely N-dealkylation sites (N-methyl/N-ethyl adjacent to an activating group) is 1. The second kappa shape index (κ2) is 12.8. The molecule has 0 amide bonds. The zero-order valence-corrected chi connectivity index (χ0v) is 29.0. The van der Waals surface area contributed by atoms with E-state index >= 15 is 4.39 Å². The molecular weight excluding hydrogens is 603 g/mol. The molecule has 3 unspecified atom stereocenters. The van der Waals surface area contributed by atoms with Gasteiger partial charge in [-0.1, -0.05) is 27.7 Å². The lowest BCUT2D eigenvalue weighted by molar-refractivity contribution is -0.295. The van der Waals surface area contributed by atoms with Gasteiger partial charge in [0, 0.05) is 42.9 Å². The number of aliphatic hydroxyl groups is 1. The normalized spacial score (nSPS) is 49.0. The number of hydrogen-bond acceptors (Lipinski definition) is 12. The van der Waals surface area contributed by atoms with E-state index in [-0.39, 0.29) is 37.3 Å². The number of nitrogens with zero attached hydrogens (tertiary/aromatic N) is 1. The van der Waals surface area contributed by atoms with Crippen molar-refractivity contribution in [2.75, 3.05) is 27.7 Å². The van der Waals surface area contributed by atoms with Crippen molar-refractivity contribution in [1.82, 2.24) is 10.2 Å². The minimum atomic E-state index is -3.13. The molecule has 4 heterocycles. The lowest BCUT2D eigenvalue weighted by atomic mass is 9.62. The quantitative estimate of drug-likeness (QED) is 0.329. The molecule has 0 aromatic heterocycles. The van der Waals surface area contributed by atoms with Crippen LogP contribution in [-0.2, 0) is 42.9 Å². The van der Waals surface area contributed by atoms with Crippen LogP contribution < -0.4 is 5.32 Å². The number of alkyl halides is 1. The molecule has 4 rings (SSSR count). The highest BCUT2D eigenvalue weighted by Crippen LogP contribution is 2.53. The van der Waals surface area contributed by atoms with Crippen molar-refractivity contribution in [2.45, 2.75) is 134 Å². The van der Waals surface area contributed by atoms with Crippen molar-refractivity contribution >= 4 is 23.5 Å². The number of esters is 2. The molecule has 4 aliphatic heterocycles. The maximum Gasteiger partial charge on any atom is 0.351 e. The molecule has 0 radical (unpaired) electrons. The van der Waals surface area contributed by atoms with Crippen molar-refractivity contribution in [3.05, 3.63) is 0 Å². The van der Waals surface area contributed by atoms with Gasteiger partial charge in [-0.2, -0.15) is 0 Å². The Morgan fingerprint density at radius 3 is 2.26 bits per heavy atom. The predicted octanol–water partition coefficient (Wildman–Crippen LogP) is 1.98. The SMILES string of the molecule is CC[C@H]1OC(=O)[C@@](C)(F)C(=O)[C@H](C)[C@@H](O[C@@H]2O[C@H](C)C[C@H](N(C)C)[C@H]2O)[C@@](C)(OC)C[C@@H](C)C(=O)C2(C)CNC3C(=O)O[C@@]1(C)C32. The van der Waals surface area contributed by atoms with Crippen LogP contribution in [0.15, 0.2) is 0 Å². The fourth-order valence-electron chi connectivity index (χ4n) is 8.63. The smallest absolute Gasteiger partial charge is 0.351 e. The molecule has 13 heteroatoms. The fraction of sp³-hybridized carbons (Fsp3) is 0.879. The van der Waals surface area contributed by atoms with E-state index < -0.39 is 88.4 Å². The van der Waals surface area contributed by atoms with E-state index in [1.54, 1.807) is 34.6 Å². The van der Waals surface area contributed by atoms with Crippen LogP contribution in [0, 0.1) is 23.2 Å². The highest BCUT2D eigenvalue weighted by molar-refractivity contribution is 6.08. The number of aliphatic hydroxyl groups excluding tert-OH is 1. The number of methoxy groups -OCH3 is 1. The number of Topliss-reactive ketones (excluding diaryl/α,β-unsaturated/α-hetero) is 2. The third kappa shape index (κ3) is 5.93. The Morgan fingerprint density at radius 1 is 1.07 bits per heavy atom. The largest absolute Gasteiger partial charge is 0.455 e. The summed E-state index contributed by atoms with van der Waals surface area (Å²) in [4.78, 5) is 57.0. The summed E-state index contributed by atoms with van der Waals surface area (Å²) in [6.45, 7) is 12.8. The molecule has 14 atom stereocenters. The van der Waals surface area contributed by atoms with Crippen LogP contribution in [0.2, 0.25) is 0 Å². The van der Waals surface area contributed by atoms with Crippen LogP contribution in [-0.4, -0.2) is 121 Å². The van der Waals surface area contributed by atoms with Crippen LogP contribution in [0.1, 0.15) is 74.7 Å². The second-order valence-electron chi connectivity index (χ2n) is 14.9. The fourth-order valence-corrected chi connectivity index (χ4v) is 8.63. The standard InChI is InChI=1S/C33H53FN2O10/c1-12-20-33(8)23-21(27(40)46-33)35-15-30(23,5)24(38)16(2)14-31(6,42-11)26(18(4)25(39)32(7,34)29(41)44-20)45-28-22(37)19(36(9)10)13-17(3)43-28/h16-23,26,28,35,37H,12-15H2,1-11H3/t16-,17-,18+,19+,20-,21?,22-,23?,26-,28+,30?,31+,32+,33-/m1/s1. The summed E-state index contributed by atoms with van der Waals surface area (Å²) >= 11 is 0. The summed E-state index contributed by atoms with van der Waals surface area (Å²) in [6.07, 6.45) is -4.41. The Bertz CT molecular complexity index is 1210. The van der Waals surface area contributed by atoms with Crippen molar-refractivity contribution in [1.29, 1.82) is 0 Å². The molecule has 0 saturated carbocycles. The van der Waals surface area contributed by atoms with Crippen LogP contribution in [0.25, 0.3) is 0 Å². The minimum Gasteiger partial charge on any atom is -0.455 e. The number of nitrogens with one attached hydrogen (secondary N) is 1. The molecule has 12 nitrogen and oxygen atoms in total. The van der Waals surface area contributed by atoms with E-state index in [2.05, 4.69) is 5.32 Å². The van der Waals surface area contributed by atoms with E-state index in [0.29, 0.717) is 6.42 Å². The van der Waals surface area contributed by atoms with Crippen molar-refractivity contribution < 1.29 is 52.4 Å². The van der Waals surface area contributed by atoms with Crippen molar-refractivity contribution in [3.8, 4) is 0 Å². The van der Waals surface area contributed by atoms with E-state index in [0.717, 1.165) is 6.92 Å². The topological polar surface area (TPSA) is 150 Å². The Hall–Kier alpha value is -2.03. The molecule has 0 bridgehead atoms. The first-order valence-electron chi connectivity index (χ1n) is 16.3. The van der Waals surface area contributed by atoms with Crippen molar-refractivity contribution in [2.24, 2.45) is 23.2 Å². The number of ketones is 2. The molecule has 0 aliphatic carbocycles. The molecule has 262 valence electrons. The molecule has 46 heavy (non-hydrogen) atoms. The van der Waals surface area contributed by atoms with Crippen LogP contribution >= 0.6 is 0 Å². The van der Waals surface area contributed by atoms with Gasteiger partial charge in [0.1, 0.15) is 24.0 Å². The van der Waals surface area contributed by atoms with Gasteiger partial charge in [-0.15, -0.1) is 0 Å². The zero-order chi connectivity index (χ0) is 34.7. The molecular formula is C33H53FN2O10. The molecule has 2 N–H and O–H groups in total. The summed E-state index contributed by atoms with van der Waals surface area (Å²) in [7, 11) is 5.05. The van der Waals surface area contributed by atoms with Gasteiger partial charge in [-0.3, -0.25) is 14.4 Å². The lowest BCUT2D eigenvalue weighted by Gasteiger charge is -2.48. The zero-order valence-electron chi connectivity index (χ0n) is 29.0. The van der Waals surface area contributed by atoms with Gasteiger partial charge in [-0.05, 0) is 61.1 Å². The number of halogens is 1. The van der Waals surface area contributed by atoms with Gasteiger partial charge in [-0.25, -0.2) is 9.18 Å². The average molecular weight is 657 g/mol. The van der Waals surface area contributed by atoms with Crippen LogP contribution in [0.3, 0.4) is 0 Å². The summed E-state index contributed by atoms with van der Waals surface area (Å²) in [5.74, 6) is -6.11. The number of cyclic esters (lactones) is 1. The number of hydrogen-bond donors (Lipinski definition) is 2.